The molecule has 0 aliphatic heterocycles. The van der Waals surface area contributed by atoms with Gasteiger partial charge in [0.15, 0.2) is 0 Å². The maximum Gasteiger partial charge on any atom is 0.315 e. The maximum atomic E-state index is 12.3. The number of amides is 2. The molecule has 2 amide bonds. The number of aryl methyl sites for hydroxylation is 1. The molecule has 1 saturated carbocycles. The lowest BCUT2D eigenvalue weighted by Gasteiger charge is -2.25. The summed E-state index contributed by atoms with van der Waals surface area (Å²) in [5, 5.41) is 19.3. The minimum absolute atomic E-state index is 0.0367. The van der Waals surface area contributed by atoms with E-state index >= 15 is 0 Å². The summed E-state index contributed by atoms with van der Waals surface area (Å²) in [6, 6.07) is 9.04. The third-order valence-electron chi connectivity index (χ3n) is 4.27. The van der Waals surface area contributed by atoms with Crippen molar-refractivity contribution in [3.8, 4) is 0 Å². The van der Waals surface area contributed by atoms with E-state index in [4.69, 9.17) is 0 Å². The van der Waals surface area contributed by atoms with Crippen molar-refractivity contribution in [2.45, 2.75) is 38.3 Å². The fourth-order valence-electron chi connectivity index (χ4n) is 2.67. The largest absolute Gasteiger partial charge is 0.384 e. The first-order valence-electron chi connectivity index (χ1n) is 8.20. The average Bonchev–Trinajstić information content (AvgIpc) is 3.33. The Balaban J connectivity index is 1.58. The Morgan fingerprint density at radius 3 is 2.71 bits per heavy atom. The Labute approximate surface area is 146 Å². The number of carbonyl (C=O) groups excluding carboxylic acids is 1. The molecule has 3 N–H and O–H groups in total. The van der Waals surface area contributed by atoms with Gasteiger partial charge in [-0.3, -0.25) is 0 Å². The Hall–Kier alpha value is -1.92. The number of aromatic nitrogens is 1. The van der Waals surface area contributed by atoms with Gasteiger partial charge in [0.25, 0.3) is 0 Å². The van der Waals surface area contributed by atoms with Crippen LogP contribution in [0.25, 0.3) is 0 Å². The van der Waals surface area contributed by atoms with E-state index in [1.165, 1.54) is 0 Å². The monoisotopic (exact) mass is 345 g/mol. The molecule has 1 aliphatic rings. The number of carbonyl (C=O) groups is 1. The lowest BCUT2D eigenvalue weighted by atomic mass is 9.96. The number of hydrogen-bond donors (Lipinski definition) is 3. The van der Waals surface area contributed by atoms with Crippen molar-refractivity contribution in [3.63, 3.8) is 0 Å². The summed E-state index contributed by atoms with van der Waals surface area (Å²) in [6.07, 6.45) is 2.23. The van der Waals surface area contributed by atoms with Crippen molar-refractivity contribution < 1.29 is 9.90 Å². The van der Waals surface area contributed by atoms with Gasteiger partial charge in [0, 0.05) is 11.1 Å². The third-order valence-corrected chi connectivity index (χ3v) is 5.32. The zero-order chi connectivity index (χ0) is 17.2. The number of benzene rings is 1. The molecule has 2 atom stereocenters. The van der Waals surface area contributed by atoms with Gasteiger partial charge in [-0.05, 0) is 38.2 Å². The third kappa shape index (κ3) is 4.13. The number of aliphatic hydroxyl groups is 1. The number of rotatable bonds is 6. The van der Waals surface area contributed by atoms with Crippen molar-refractivity contribution in [2.24, 2.45) is 5.92 Å². The molecule has 0 unspecified atom stereocenters. The minimum Gasteiger partial charge on any atom is -0.384 e. The summed E-state index contributed by atoms with van der Waals surface area (Å²) in [6.45, 7) is 3.81. The van der Waals surface area contributed by atoms with Crippen LogP contribution in [0.1, 0.15) is 42.1 Å². The van der Waals surface area contributed by atoms with Crippen molar-refractivity contribution in [3.05, 3.63) is 52.0 Å². The van der Waals surface area contributed by atoms with Gasteiger partial charge >= 0.3 is 6.03 Å². The first-order valence-corrected chi connectivity index (χ1v) is 9.08. The molecule has 0 spiro atoms. The van der Waals surface area contributed by atoms with E-state index in [1.807, 2.05) is 42.6 Å². The highest BCUT2D eigenvalue weighted by molar-refractivity contribution is 7.09. The summed E-state index contributed by atoms with van der Waals surface area (Å²) in [7, 11) is 0. The number of nitrogens with zero attached hydrogens (tertiary/aromatic N) is 1. The van der Waals surface area contributed by atoms with Crippen LogP contribution in [0.2, 0.25) is 0 Å². The number of urea groups is 1. The van der Waals surface area contributed by atoms with E-state index in [2.05, 4.69) is 15.6 Å². The Bertz CT molecular complexity index is 695. The molecule has 6 heteroatoms. The Morgan fingerprint density at radius 2 is 2.12 bits per heavy atom. The van der Waals surface area contributed by atoms with E-state index < -0.39 is 5.60 Å². The average molecular weight is 345 g/mol. The lowest BCUT2D eigenvalue weighted by Crippen LogP contribution is -2.44. The summed E-state index contributed by atoms with van der Waals surface area (Å²) in [4.78, 5) is 16.8. The number of hydrogen-bond acceptors (Lipinski definition) is 4. The molecule has 24 heavy (non-hydrogen) atoms. The second kappa shape index (κ2) is 6.91. The Kier molecular flexibility index (Phi) is 4.87. The van der Waals surface area contributed by atoms with Crippen LogP contribution < -0.4 is 10.6 Å². The predicted molar refractivity (Wildman–Crippen MR) is 94.9 cm³/mol. The smallest absolute Gasteiger partial charge is 0.315 e. The van der Waals surface area contributed by atoms with Gasteiger partial charge in [-0.2, -0.15) is 0 Å². The van der Waals surface area contributed by atoms with Crippen LogP contribution in [0.3, 0.4) is 0 Å². The minimum atomic E-state index is -1.11. The normalized spacial score (nSPS) is 17.8. The maximum absolute atomic E-state index is 12.3. The summed E-state index contributed by atoms with van der Waals surface area (Å²) in [5.41, 5.74) is 0.653. The molecule has 0 saturated heterocycles. The summed E-state index contributed by atoms with van der Waals surface area (Å²) < 4.78 is 0. The van der Waals surface area contributed by atoms with Gasteiger partial charge in [0.1, 0.15) is 10.6 Å². The predicted octanol–water partition coefficient (Wildman–Crippen LogP) is 3.11. The molecule has 2 aromatic rings. The highest BCUT2D eigenvalue weighted by Crippen LogP contribution is 2.41. The molecule has 128 valence electrons. The molecule has 5 nitrogen and oxygen atoms in total. The quantitative estimate of drug-likeness (QED) is 0.753. The van der Waals surface area contributed by atoms with E-state index in [0.717, 1.165) is 29.1 Å². The van der Waals surface area contributed by atoms with Crippen molar-refractivity contribution in [1.29, 1.82) is 0 Å². The first-order chi connectivity index (χ1) is 11.5. The van der Waals surface area contributed by atoms with Crippen LogP contribution in [-0.4, -0.2) is 22.7 Å². The number of thiazole rings is 1. The van der Waals surface area contributed by atoms with Crippen LogP contribution in [0, 0.1) is 12.8 Å². The van der Waals surface area contributed by atoms with Gasteiger partial charge in [-0.1, -0.05) is 30.3 Å². The van der Waals surface area contributed by atoms with Gasteiger partial charge < -0.3 is 15.7 Å². The van der Waals surface area contributed by atoms with Crippen LogP contribution in [0.5, 0.6) is 0 Å². The van der Waals surface area contributed by atoms with E-state index in [-0.39, 0.29) is 18.6 Å². The summed E-state index contributed by atoms with van der Waals surface area (Å²) in [5.74, 6) is 0.468. The van der Waals surface area contributed by atoms with Crippen molar-refractivity contribution in [2.75, 3.05) is 6.54 Å². The molecule has 3 rings (SSSR count). The van der Waals surface area contributed by atoms with E-state index in [1.54, 1.807) is 18.3 Å². The van der Waals surface area contributed by atoms with Crippen LogP contribution in [-0.2, 0) is 5.60 Å². The van der Waals surface area contributed by atoms with Crippen molar-refractivity contribution >= 4 is 17.4 Å². The van der Waals surface area contributed by atoms with Gasteiger partial charge in [-0.15, -0.1) is 11.3 Å². The number of nitrogens with one attached hydrogen (secondary N) is 2. The summed E-state index contributed by atoms with van der Waals surface area (Å²) >= 11 is 1.59. The lowest BCUT2D eigenvalue weighted by molar-refractivity contribution is 0.0592. The fraction of sp³-hybridized carbons (Fsp3) is 0.444. The molecule has 1 heterocycles. The second-order valence-electron chi connectivity index (χ2n) is 6.61. The molecule has 1 fully saturated rings. The van der Waals surface area contributed by atoms with Gasteiger partial charge in [0.2, 0.25) is 0 Å². The van der Waals surface area contributed by atoms with Crippen LogP contribution in [0.4, 0.5) is 4.79 Å². The Morgan fingerprint density at radius 1 is 1.42 bits per heavy atom. The molecular formula is C18H23N3O2S. The second-order valence-corrected chi connectivity index (χ2v) is 7.50. The topological polar surface area (TPSA) is 74.2 Å². The molecule has 1 aromatic heterocycles. The zero-order valence-corrected chi connectivity index (χ0v) is 14.8. The molecule has 0 radical (unpaired) electrons. The van der Waals surface area contributed by atoms with Crippen molar-refractivity contribution in [1.82, 2.24) is 15.6 Å². The first kappa shape index (κ1) is 16.9. The van der Waals surface area contributed by atoms with Crippen LogP contribution >= 0.6 is 11.3 Å². The SMILES string of the molecule is Cc1csc([C@@H](NC(=O)NC[C@](C)(O)c2ccccc2)C2CC2)n1. The highest BCUT2D eigenvalue weighted by Gasteiger charge is 2.35. The fourth-order valence-corrected chi connectivity index (χ4v) is 3.61. The zero-order valence-electron chi connectivity index (χ0n) is 14.0. The molecule has 1 aliphatic carbocycles. The highest BCUT2D eigenvalue weighted by atomic mass is 32.1. The molecule has 0 bridgehead atoms. The standard InChI is InChI=1S/C18H23N3O2S/c1-12-10-24-16(20-12)15(13-8-9-13)21-17(22)19-11-18(2,23)14-6-4-3-5-7-14/h3-7,10,13,15,23H,8-9,11H2,1-2H3,(H2,19,21,22)/t15-,18-/m0/s1. The van der Waals surface area contributed by atoms with Gasteiger partial charge in [0.05, 0.1) is 12.6 Å². The van der Waals surface area contributed by atoms with Gasteiger partial charge in [-0.25, -0.2) is 9.78 Å². The molecular weight excluding hydrogens is 322 g/mol. The van der Waals surface area contributed by atoms with E-state index in [0.29, 0.717) is 5.92 Å². The molecule has 1 aromatic carbocycles. The van der Waals surface area contributed by atoms with Crippen LogP contribution in [0.15, 0.2) is 35.7 Å². The van der Waals surface area contributed by atoms with E-state index in [9.17, 15) is 9.90 Å².